The molecule has 1 aromatic carbocycles. The lowest BCUT2D eigenvalue weighted by Gasteiger charge is -2.22. The number of carbonyl (C=O) groups is 1. The average molecular weight is 393 g/mol. The minimum atomic E-state index is -0.429. The number of pyridine rings is 1. The topological polar surface area (TPSA) is 84.1 Å². The van der Waals surface area contributed by atoms with Crippen molar-refractivity contribution >= 4 is 22.5 Å². The van der Waals surface area contributed by atoms with Gasteiger partial charge in [-0.1, -0.05) is 13.8 Å². The van der Waals surface area contributed by atoms with E-state index < -0.39 is 5.91 Å². The molecule has 1 saturated heterocycles. The van der Waals surface area contributed by atoms with E-state index in [2.05, 4.69) is 35.9 Å². The highest BCUT2D eigenvalue weighted by molar-refractivity contribution is 6.06. The molecule has 6 heteroatoms. The number of aromatic nitrogens is 2. The van der Waals surface area contributed by atoms with Crippen LogP contribution in [0.1, 0.15) is 59.8 Å². The molecule has 4 rings (SSSR count). The Morgan fingerprint density at radius 1 is 1.21 bits per heavy atom. The Morgan fingerprint density at radius 2 is 1.93 bits per heavy atom. The van der Waals surface area contributed by atoms with E-state index in [9.17, 15) is 9.59 Å². The smallest absolute Gasteiger partial charge is 0.255 e. The summed E-state index contributed by atoms with van der Waals surface area (Å²) in [6, 6.07) is 7.97. The number of H-pyrrole nitrogens is 1. The predicted molar refractivity (Wildman–Crippen MR) is 117 cm³/mol. The van der Waals surface area contributed by atoms with Crippen molar-refractivity contribution in [3.05, 3.63) is 63.2 Å². The Labute approximate surface area is 170 Å². The molecule has 1 amide bonds. The number of amides is 1. The number of hydrogen-bond acceptors (Lipinski definition) is 3. The molecule has 6 nitrogen and oxygen atoms in total. The maximum absolute atomic E-state index is 12.9. The molecule has 1 aliphatic heterocycles. The monoisotopic (exact) mass is 392 g/mol. The molecule has 3 heterocycles. The summed E-state index contributed by atoms with van der Waals surface area (Å²) in [7, 11) is 0. The molecule has 1 aliphatic rings. The number of nitrogens with two attached hydrogens (primary N) is 1. The van der Waals surface area contributed by atoms with Gasteiger partial charge in [0.05, 0.1) is 12.1 Å². The van der Waals surface area contributed by atoms with Gasteiger partial charge in [0, 0.05) is 47.1 Å². The van der Waals surface area contributed by atoms with E-state index >= 15 is 0 Å². The third kappa shape index (κ3) is 3.55. The van der Waals surface area contributed by atoms with E-state index in [-0.39, 0.29) is 11.5 Å². The number of hydrogen-bond donors (Lipinski definition) is 2. The second kappa shape index (κ2) is 7.43. The number of rotatable bonds is 5. The van der Waals surface area contributed by atoms with Crippen LogP contribution in [-0.4, -0.2) is 28.5 Å². The van der Waals surface area contributed by atoms with Gasteiger partial charge < -0.3 is 20.2 Å². The highest BCUT2D eigenvalue weighted by Gasteiger charge is 2.20. The van der Waals surface area contributed by atoms with Gasteiger partial charge in [0.1, 0.15) is 0 Å². The zero-order chi connectivity index (χ0) is 20.7. The lowest BCUT2D eigenvalue weighted by Crippen LogP contribution is -2.26. The van der Waals surface area contributed by atoms with Crippen molar-refractivity contribution in [1.82, 2.24) is 9.55 Å². The minimum Gasteiger partial charge on any atom is -0.371 e. The van der Waals surface area contributed by atoms with Crippen molar-refractivity contribution in [2.45, 2.75) is 46.1 Å². The molecule has 0 atom stereocenters. The van der Waals surface area contributed by atoms with E-state index in [0.717, 1.165) is 59.3 Å². The van der Waals surface area contributed by atoms with Gasteiger partial charge in [-0.15, -0.1) is 0 Å². The molecule has 0 radical (unpaired) electrons. The molecule has 152 valence electrons. The van der Waals surface area contributed by atoms with Crippen molar-refractivity contribution in [2.75, 3.05) is 18.0 Å². The number of benzene rings is 1. The van der Waals surface area contributed by atoms with Crippen LogP contribution in [0.2, 0.25) is 0 Å². The van der Waals surface area contributed by atoms with Crippen LogP contribution in [0.25, 0.3) is 10.9 Å². The predicted octanol–water partition coefficient (Wildman–Crippen LogP) is 3.51. The fraction of sp³-hybridized carbons (Fsp3) is 0.391. The molecule has 2 aromatic heterocycles. The summed E-state index contributed by atoms with van der Waals surface area (Å²) in [6.07, 6.45) is 4.24. The van der Waals surface area contributed by atoms with Crippen molar-refractivity contribution in [3.63, 3.8) is 0 Å². The Hall–Kier alpha value is -3.02. The standard InChI is InChI=1S/C23H28N4O2/c1-14(2)16-11-18(22(24)28)17-6-9-27(21(17)12-16)13-19-20(26-7-4-5-8-26)10-15(3)25-23(19)29/h6,9-12,14H,4-5,7-8,13H2,1-3H3,(H2,24,28)(H,25,29). The summed E-state index contributed by atoms with van der Waals surface area (Å²) in [5, 5.41) is 0.827. The van der Waals surface area contributed by atoms with Gasteiger partial charge in [0.15, 0.2) is 0 Å². The second-order valence-electron chi connectivity index (χ2n) is 8.30. The summed E-state index contributed by atoms with van der Waals surface area (Å²) in [5.41, 5.74) is 10.8. The molecule has 0 unspecified atom stereocenters. The molecular formula is C23H28N4O2. The summed E-state index contributed by atoms with van der Waals surface area (Å²) < 4.78 is 2.05. The lowest BCUT2D eigenvalue weighted by molar-refractivity contribution is 0.100. The second-order valence-corrected chi connectivity index (χ2v) is 8.30. The Balaban J connectivity index is 1.85. The van der Waals surface area contributed by atoms with Crippen molar-refractivity contribution < 1.29 is 4.79 Å². The van der Waals surface area contributed by atoms with Crippen molar-refractivity contribution in [1.29, 1.82) is 0 Å². The Bertz CT molecular complexity index is 1130. The molecule has 3 N–H and O–H groups in total. The van der Waals surface area contributed by atoms with E-state index in [1.807, 2.05) is 29.8 Å². The van der Waals surface area contributed by atoms with Crippen LogP contribution < -0.4 is 16.2 Å². The number of primary amides is 1. The van der Waals surface area contributed by atoms with Gasteiger partial charge >= 0.3 is 0 Å². The van der Waals surface area contributed by atoms with Crippen LogP contribution >= 0.6 is 0 Å². The molecule has 0 aliphatic carbocycles. The largest absolute Gasteiger partial charge is 0.371 e. The van der Waals surface area contributed by atoms with Crippen molar-refractivity contribution in [2.24, 2.45) is 5.73 Å². The first-order chi connectivity index (χ1) is 13.8. The summed E-state index contributed by atoms with van der Waals surface area (Å²) >= 11 is 0. The quantitative estimate of drug-likeness (QED) is 0.697. The molecule has 0 spiro atoms. The number of aromatic amines is 1. The number of carbonyl (C=O) groups excluding carboxylic acids is 1. The highest BCUT2D eigenvalue weighted by Crippen LogP contribution is 2.29. The fourth-order valence-corrected chi connectivity index (χ4v) is 4.25. The van der Waals surface area contributed by atoms with Crippen LogP contribution in [-0.2, 0) is 6.54 Å². The summed E-state index contributed by atoms with van der Waals surface area (Å²) in [6.45, 7) is 8.51. The van der Waals surface area contributed by atoms with Crippen LogP contribution in [0.3, 0.4) is 0 Å². The van der Waals surface area contributed by atoms with E-state index in [0.29, 0.717) is 12.1 Å². The van der Waals surface area contributed by atoms with Gasteiger partial charge in [-0.25, -0.2) is 0 Å². The minimum absolute atomic E-state index is 0.0520. The van der Waals surface area contributed by atoms with E-state index in [1.54, 1.807) is 0 Å². The van der Waals surface area contributed by atoms with Crippen LogP contribution in [0, 0.1) is 6.92 Å². The van der Waals surface area contributed by atoms with E-state index in [1.165, 1.54) is 0 Å². The first-order valence-electron chi connectivity index (χ1n) is 10.3. The van der Waals surface area contributed by atoms with Gasteiger partial charge in [-0.3, -0.25) is 9.59 Å². The van der Waals surface area contributed by atoms with Gasteiger partial charge in [-0.05, 0) is 55.5 Å². The molecule has 1 fully saturated rings. The third-order valence-corrected chi connectivity index (χ3v) is 5.87. The number of aryl methyl sites for hydroxylation is 1. The number of anilines is 1. The van der Waals surface area contributed by atoms with Gasteiger partial charge in [-0.2, -0.15) is 0 Å². The maximum atomic E-state index is 12.9. The number of nitrogens with one attached hydrogen (secondary N) is 1. The molecule has 0 saturated carbocycles. The van der Waals surface area contributed by atoms with Crippen LogP contribution in [0.15, 0.2) is 35.3 Å². The summed E-state index contributed by atoms with van der Waals surface area (Å²) in [4.78, 5) is 30.1. The zero-order valence-corrected chi connectivity index (χ0v) is 17.3. The van der Waals surface area contributed by atoms with Gasteiger partial charge in [0.25, 0.3) is 5.56 Å². The Morgan fingerprint density at radius 3 is 2.59 bits per heavy atom. The molecular weight excluding hydrogens is 364 g/mol. The molecule has 29 heavy (non-hydrogen) atoms. The first-order valence-corrected chi connectivity index (χ1v) is 10.3. The zero-order valence-electron chi connectivity index (χ0n) is 17.3. The third-order valence-electron chi connectivity index (χ3n) is 5.87. The number of fused-ring (bicyclic) bond motifs is 1. The van der Waals surface area contributed by atoms with Crippen molar-refractivity contribution in [3.8, 4) is 0 Å². The van der Waals surface area contributed by atoms with Crippen LogP contribution in [0.5, 0.6) is 0 Å². The first kappa shape index (κ1) is 19.3. The highest BCUT2D eigenvalue weighted by atomic mass is 16.1. The average Bonchev–Trinajstić information content (AvgIpc) is 3.33. The SMILES string of the molecule is Cc1cc(N2CCCC2)c(Cn2ccc3c(C(N)=O)cc(C(C)C)cc32)c(=O)[nH]1. The molecule has 3 aromatic rings. The lowest BCUT2D eigenvalue weighted by atomic mass is 9.98. The number of nitrogens with zero attached hydrogens (tertiary/aromatic N) is 2. The van der Waals surface area contributed by atoms with Gasteiger partial charge in [0.2, 0.25) is 5.91 Å². The van der Waals surface area contributed by atoms with E-state index in [4.69, 9.17) is 5.73 Å². The van der Waals surface area contributed by atoms with Crippen LogP contribution in [0.4, 0.5) is 5.69 Å². The Kier molecular flexibility index (Phi) is 4.94. The summed E-state index contributed by atoms with van der Waals surface area (Å²) in [5.74, 6) is -0.162. The normalized spacial score (nSPS) is 14.3. The maximum Gasteiger partial charge on any atom is 0.255 e. The fourth-order valence-electron chi connectivity index (χ4n) is 4.25. The molecule has 0 bridgehead atoms.